The summed E-state index contributed by atoms with van der Waals surface area (Å²) >= 11 is 1.41. The van der Waals surface area contributed by atoms with E-state index in [-0.39, 0.29) is 24.2 Å². The lowest BCUT2D eigenvalue weighted by atomic mass is 10.1. The summed E-state index contributed by atoms with van der Waals surface area (Å²) in [6.07, 6.45) is 4.13. The van der Waals surface area contributed by atoms with Crippen molar-refractivity contribution in [2.24, 2.45) is 0 Å². The van der Waals surface area contributed by atoms with Crippen molar-refractivity contribution >= 4 is 35.3 Å². The Labute approximate surface area is 221 Å². The number of carbonyl (C=O) groups is 2. The number of nitrogens with one attached hydrogen (secondary N) is 1. The molecule has 0 aromatic heterocycles. The third-order valence-corrected chi connectivity index (χ3v) is 8.02. The van der Waals surface area contributed by atoms with E-state index in [0.29, 0.717) is 28.7 Å². The van der Waals surface area contributed by atoms with Crippen molar-refractivity contribution in [3.8, 4) is 0 Å². The van der Waals surface area contributed by atoms with E-state index >= 15 is 0 Å². The molecule has 1 atom stereocenters. The minimum absolute atomic E-state index is 0.143. The van der Waals surface area contributed by atoms with Gasteiger partial charge in [-0.1, -0.05) is 61.2 Å². The van der Waals surface area contributed by atoms with E-state index in [9.17, 15) is 14.0 Å². The second kappa shape index (κ2) is 11.3. The van der Waals surface area contributed by atoms with Gasteiger partial charge in [0.2, 0.25) is 0 Å². The molecule has 2 amide bonds. The quantitative estimate of drug-likeness (QED) is 0.409. The fourth-order valence-corrected chi connectivity index (χ4v) is 5.98. The molecule has 1 fully saturated rings. The molecule has 0 aliphatic carbocycles. The molecule has 3 aromatic carbocycles. The zero-order valence-corrected chi connectivity index (χ0v) is 21.6. The van der Waals surface area contributed by atoms with Gasteiger partial charge in [0.15, 0.2) is 0 Å². The topological polar surface area (TPSA) is 52.7 Å². The van der Waals surface area contributed by atoms with Crippen LogP contribution in [-0.4, -0.2) is 42.4 Å². The number of benzene rings is 3. The Morgan fingerprint density at radius 2 is 1.89 bits per heavy atom. The molecule has 190 valence electrons. The van der Waals surface area contributed by atoms with Crippen molar-refractivity contribution in [2.45, 2.75) is 37.2 Å². The lowest BCUT2D eigenvalue weighted by molar-refractivity contribution is -0.114. The van der Waals surface area contributed by atoms with Gasteiger partial charge in [-0.05, 0) is 73.5 Å². The van der Waals surface area contributed by atoms with Crippen LogP contribution in [0.2, 0.25) is 0 Å². The summed E-state index contributed by atoms with van der Waals surface area (Å²) in [4.78, 5) is 32.3. The Bertz CT molecular complexity index is 1310. The molecule has 2 aliphatic heterocycles. The SMILES string of the molecule is CCN1CCC[C@@H]1CNC(=O)c1ccc2c(c1)N(Cc1ccc(F)cc1)C(=O)/C(=C/c1ccccc1)S2. The van der Waals surface area contributed by atoms with Crippen molar-refractivity contribution in [2.75, 3.05) is 24.5 Å². The summed E-state index contributed by atoms with van der Waals surface area (Å²) in [5.41, 5.74) is 2.95. The van der Waals surface area contributed by atoms with Gasteiger partial charge in [0, 0.05) is 23.0 Å². The zero-order valence-electron chi connectivity index (χ0n) is 20.8. The minimum atomic E-state index is -0.322. The van der Waals surface area contributed by atoms with Gasteiger partial charge in [0.1, 0.15) is 5.82 Å². The molecule has 2 heterocycles. The Morgan fingerprint density at radius 3 is 2.65 bits per heavy atom. The standard InChI is InChI=1S/C30H30FN3O2S/c1-2-33-16-6-9-25(33)19-32-29(35)23-12-15-27-26(18-23)34(20-22-10-13-24(31)14-11-22)30(36)28(37-27)17-21-7-4-3-5-8-21/h3-5,7-8,10-15,17-18,25H,2,6,9,16,19-20H2,1H3,(H,32,35)/b28-17-/t25-/m1/s1. The number of amides is 2. The maximum Gasteiger partial charge on any atom is 0.265 e. The summed E-state index contributed by atoms with van der Waals surface area (Å²) in [6, 6.07) is 21.8. The van der Waals surface area contributed by atoms with Crippen molar-refractivity contribution in [3.63, 3.8) is 0 Å². The number of hydrogen-bond acceptors (Lipinski definition) is 4. The van der Waals surface area contributed by atoms with E-state index in [1.165, 1.54) is 23.9 Å². The highest BCUT2D eigenvalue weighted by atomic mass is 32.2. The molecule has 0 spiro atoms. The fraction of sp³-hybridized carbons (Fsp3) is 0.267. The smallest absolute Gasteiger partial charge is 0.265 e. The molecule has 0 saturated carbocycles. The Kier molecular flexibility index (Phi) is 7.72. The molecule has 1 N–H and O–H groups in total. The zero-order chi connectivity index (χ0) is 25.8. The predicted octanol–water partition coefficient (Wildman–Crippen LogP) is 5.72. The van der Waals surface area contributed by atoms with Crippen LogP contribution in [0.25, 0.3) is 6.08 Å². The van der Waals surface area contributed by atoms with Crippen molar-refractivity contribution in [1.82, 2.24) is 10.2 Å². The van der Waals surface area contributed by atoms with E-state index in [1.807, 2.05) is 48.5 Å². The number of anilines is 1. The maximum atomic E-state index is 13.7. The highest BCUT2D eigenvalue weighted by Crippen LogP contribution is 2.43. The second-order valence-electron chi connectivity index (χ2n) is 9.36. The number of carbonyl (C=O) groups excluding carboxylic acids is 2. The first-order valence-electron chi connectivity index (χ1n) is 12.7. The van der Waals surface area contributed by atoms with Crippen LogP contribution in [0.5, 0.6) is 0 Å². The predicted molar refractivity (Wildman–Crippen MR) is 147 cm³/mol. The van der Waals surface area contributed by atoms with Gasteiger partial charge >= 0.3 is 0 Å². The molecule has 0 radical (unpaired) electrons. The number of likely N-dealkylation sites (N-methyl/N-ethyl adjacent to an activating group) is 1. The second-order valence-corrected chi connectivity index (χ2v) is 10.4. The van der Waals surface area contributed by atoms with Crippen molar-refractivity contribution < 1.29 is 14.0 Å². The number of likely N-dealkylation sites (tertiary alicyclic amines) is 1. The van der Waals surface area contributed by atoms with Gasteiger partial charge in [-0.3, -0.25) is 14.5 Å². The lowest BCUT2D eigenvalue weighted by Gasteiger charge is -2.31. The molecule has 5 rings (SSSR count). The Balaban J connectivity index is 1.43. The van der Waals surface area contributed by atoms with Crippen LogP contribution < -0.4 is 10.2 Å². The first-order valence-corrected chi connectivity index (χ1v) is 13.5. The largest absolute Gasteiger partial charge is 0.350 e. The van der Waals surface area contributed by atoms with Crippen molar-refractivity contribution in [3.05, 3.63) is 100 Å². The normalized spacial score (nSPS) is 18.8. The van der Waals surface area contributed by atoms with Crippen LogP contribution in [-0.2, 0) is 11.3 Å². The van der Waals surface area contributed by atoms with Gasteiger partial charge in [0.05, 0.1) is 17.1 Å². The molecule has 5 nitrogen and oxygen atoms in total. The van der Waals surface area contributed by atoms with Crippen LogP contribution in [0.4, 0.5) is 10.1 Å². The molecular formula is C30H30FN3O2S. The van der Waals surface area contributed by atoms with Crippen LogP contribution in [0, 0.1) is 5.82 Å². The first-order chi connectivity index (χ1) is 18.0. The van der Waals surface area contributed by atoms with E-state index in [2.05, 4.69) is 17.1 Å². The summed E-state index contributed by atoms with van der Waals surface area (Å²) in [5, 5.41) is 3.09. The van der Waals surface area contributed by atoms with E-state index in [4.69, 9.17) is 0 Å². The fourth-order valence-electron chi connectivity index (χ4n) is 4.94. The number of nitrogens with zero attached hydrogens (tertiary/aromatic N) is 2. The Hall–Kier alpha value is -3.42. The minimum Gasteiger partial charge on any atom is -0.350 e. The van der Waals surface area contributed by atoms with Gasteiger partial charge in [-0.15, -0.1) is 0 Å². The maximum absolute atomic E-state index is 13.7. The number of halogens is 1. The average molecular weight is 516 g/mol. The third-order valence-electron chi connectivity index (χ3n) is 6.94. The number of fused-ring (bicyclic) bond motifs is 1. The molecule has 1 saturated heterocycles. The van der Waals surface area contributed by atoms with Crippen LogP contribution in [0.15, 0.2) is 82.6 Å². The lowest BCUT2D eigenvalue weighted by Crippen LogP contribution is -2.40. The van der Waals surface area contributed by atoms with Crippen molar-refractivity contribution in [1.29, 1.82) is 0 Å². The monoisotopic (exact) mass is 515 g/mol. The van der Waals surface area contributed by atoms with E-state index in [0.717, 1.165) is 42.0 Å². The van der Waals surface area contributed by atoms with Crippen LogP contribution >= 0.6 is 11.8 Å². The Morgan fingerprint density at radius 1 is 1.11 bits per heavy atom. The van der Waals surface area contributed by atoms with Crippen LogP contribution in [0.3, 0.4) is 0 Å². The number of rotatable bonds is 7. The molecule has 7 heteroatoms. The molecular weight excluding hydrogens is 485 g/mol. The third kappa shape index (κ3) is 5.78. The van der Waals surface area contributed by atoms with Crippen LogP contribution in [0.1, 0.15) is 41.3 Å². The molecule has 2 aliphatic rings. The molecule has 0 bridgehead atoms. The van der Waals surface area contributed by atoms with E-state index in [1.54, 1.807) is 23.1 Å². The highest BCUT2D eigenvalue weighted by Gasteiger charge is 2.30. The molecule has 37 heavy (non-hydrogen) atoms. The van der Waals surface area contributed by atoms with Gasteiger partial charge in [-0.2, -0.15) is 0 Å². The summed E-state index contributed by atoms with van der Waals surface area (Å²) in [5.74, 6) is -0.611. The van der Waals surface area contributed by atoms with E-state index < -0.39 is 0 Å². The average Bonchev–Trinajstić information content (AvgIpc) is 3.39. The molecule has 3 aromatic rings. The number of thioether (sulfide) groups is 1. The summed E-state index contributed by atoms with van der Waals surface area (Å²) in [6.45, 7) is 5.09. The van der Waals surface area contributed by atoms with Gasteiger partial charge in [-0.25, -0.2) is 4.39 Å². The number of hydrogen-bond donors (Lipinski definition) is 1. The van der Waals surface area contributed by atoms with Gasteiger partial charge < -0.3 is 10.2 Å². The first kappa shape index (κ1) is 25.2. The summed E-state index contributed by atoms with van der Waals surface area (Å²) in [7, 11) is 0. The molecule has 0 unspecified atom stereocenters. The summed E-state index contributed by atoms with van der Waals surface area (Å²) < 4.78 is 13.5. The highest BCUT2D eigenvalue weighted by molar-refractivity contribution is 8.04. The van der Waals surface area contributed by atoms with Gasteiger partial charge in [0.25, 0.3) is 11.8 Å².